The molecule has 1 aromatic rings. The minimum atomic E-state index is -1.57. The minimum absolute atomic E-state index is 0.0129. The van der Waals surface area contributed by atoms with Crippen LogP contribution in [0.5, 0.6) is 5.75 Å². The van der Waals surface area contributed by atoms with Gasteiger partial charge >= 0.3 is 5.97 Å². The molecular formula is C21H30N6O9. The number of carbonyl (C=O) groups is 6. The van der Waals surface area contributed by atoms with Gasteiger partial charge in [0.1, 0.15) is 30.4 Å². The second-order valence-corrected chi connectivity index (χ2v) is 7.62. The van der Waals surface area contributed by atoms with Crippen LogP contribution >= 0.6 is 0 Å². The van der Waals surface area contributed by atoms with Gasteiger partial charge in [0.15, 0.2) is 0 Å². The van der Waals surface area contributed by atoms with Gasteiger partial charge in [-0.2, -0.15) is 0 Å². The topological polar surface area (TPSA) is 263 Å². The fraction of sp³-hybridized carbons (Fsp3) is 0.429. The zero-order chi connectivity index (χ0) is 27.3. The van der Waals surface area contributed by atoms with Crippen LogP contribution in [0.2, 0.25) is 0 Å². The third kappa shape index (κ3) is 10.8. The highest BCUT2D eigenvalue weighted by Gasteiger charge is 2.29. The first-order valence-electron chi connectivity index (χ1n) is 10.7. The Kier molecular flexibility index (Phi) is 12.3. The van der Waals surface area contributed by atoms with Crippen LogP contribution in [-0.2, 0) is 35.2 Å². The van der Waals surface area contributed by atoms with Crippen LogP contribution < -0.4 is 32.7 Å². The quantitative estimate of drug-likeness (QED) is 0.110. The number of rotatable bonds is 15. The summed E-state index contributed by atoms with van der Waals surface area (Å²) in [5.41, 5.74) is 10.9. The number of nitrogens with two attached hydrogens (primary N) is 2. The second-order valence-electron chi connectivity index (χ2n) is 7.62. The number of aliphatic hydroxyl groups excluding tert-OH is 1. The standard InChI is InChI=1S/C21H30N6O9/c22-8-17(31)25-14(7-11-1-3-12(29)4-2-11)20(35)27-15(10-28)21(36)26-13(5-6-16(23)30)19(34)24-9-18(32)33/h1-4,13-15,28-29H,5-10,22H2,(H2,23,30)(H,24,34)(H,25,31)(H,26,36)(H,27,35)(H,32,33)/t13-,14-,15-/m0/s1. The molecule has 0 aromatic heterocycles. The lowest BCUT2D eigenvalue weighted by atomic mass is 10.0. The Morgan fingerprint density at radius 2 is 1.44 bits per heavy atom. The van der Waals surface area contributed by atoms with E-state index in [2.05, 4.69) is 21.3 Å². The summed E-state index contributed by atoms with van der Waals surface area (Å²) in [7, 11) is 0. The van der Waals surface area contributed by atoms with Crippen molar-refractivity contribution in [3.05, 3.63) is 29.8 Å². The van der Waals surface area contributed by atoms with Crippen molar-refractivity contribution in [2.45, 2.75) is 37.4 Å². The SMILES string of the molecule is NCC(=O)N[C@@H](Cc1ccc(O)cc1)C(=O)N[C@@H](CO)C(=O)N[C@@H](CCC(N)=O)C(=O)NCC(=O)O. The van der Waals surface area contributed by atoms with Crippen LogP contribution in [0.25, 0.3) is 0 Å². The van der Waals surface area contributed by atoms with E-state index in [1.807, 2.05) is 0 Å². The molecule has 0 spiro atoms. The lowest BCUT2D eigenvalue weighted by molar-refractivity contribution is -0.139. The number of carbonyl (C=O) groups excluding carboxylic acids is 5. The molecule has 36 heavy (non-hydrogen) atoms. The summed E-state index contributed by atoms with van der Waals surface area (Å²) in [4.78, 5) is 71.4. The Morgan fingerprint density at radius 1 is 0.861 bits per heavy atom. The Morgan fingerprint density at radius 3 is 1.97 bits per heavy atom. The van der Waals surface area contributed by atoms with E-state index in [0.29, 0.717) is 5.56 Å². The molecule has 0 aliphatic heterocycles. The van der Waals surface area contributed by atoms with Crippen molar-refractivity contribution in [2.24, 2.45) is 11.5 Å². The van der Waals surface area contributed by atoms with Crippen LogP contribution in [0, 0.1) is 0 Å². The van der Waals surface area contributed by atoms with Crippen LogP contribution in [0.1, 0.15) is 18.4 Å². The van der Waals surface area contributed by atoms with Gasteiger partial charge in [-0.05, 0) is 24.1 Å². The molecule has 0 radical (unpaired) electrons. The number of benzene rings is 1. The monoisotopic (exact) mass is 510 g/mol. The van der Waals surface area contributed by atoms with Crippen molar-refractivity contribution in [2.75, 3.05) is 19.7 Å². The molecule has 3 atom stereocenters. The van der Waals surface area contributed by atoms with E-state index in [-0.39, 0.29) is 25.0 Å². The Hall–Kier alpha value is -4.24. The zero-order valence-corrected chi connectivity index (χ0v) is 19.2. The first-order chi connectivity index (χ1) is 17.0. The minimum Gasteiger partial charge on any atom is -0.508 e. The molecule has 1 aromatic carbocycles. The predicted molar refractivity (Wildman–Crippen MR) is 123 cm³/mol. The highest BCUT2D eigenvalue weighted by Crippen LogP contribution is 2.11. The fourth-order valence-corrected chi connectivity index (χ4v) is 2.91. The van der Waals surface area contributed by atoms with Crippen molar-refractivity contribution in [1.82, 2.24) is 21.3 Å². The van der Waals surface area contributed by atoms with E-state index in [0.717, 1.165) is 0 Å². The van der Waals surface area contributed by atoms with Gasteiger partial charge < -0.3 is 48.1 Å². The molecule has 0 fully saturated rings. The van der Waals surface area contributed by atoms with E-state index in [1.165, 1.54) is 24.3 Å². The first-order valence-corrected chi connectivity index (χ1v) is 10.7. The summed E-state index contributed by atoms with van der Waals surface area (Å²) < 4.78 is 0. The molecule has 0 bridgehead atoms. The number of aromatic hydroxyl groups is 1. The zero-order valence-electron chi connectivity index (χ0n) is 19.2. The number of aliphatic hydroxyl groups is 1. The van der Waals surface area contributed by atoms with Gasteiger partial charge in [-0.1, -0.05) is 12.1 Å². The van der Waals surface area contributed by atoms with Crippen LogP contribution in [0.4, 0.5) is 0 Å². The largest absolute Gasteiger partial charge is 0.508 e. The average molecular weight is 511 g/mol. The van der Waals surface area contributed by atoms with E-state index < -0.39 is 73.3 Å². The van der Waals surface area contributed by atoms with Crippen molar-refractivity contribution >= 4 is 35.5 Å². The van der Waals surface area contributed by atoms with Gasteiger partial charge in [0.25, 0.3) is 0 Å². The maximum Gasteiger partial charge on any atom is 0.322 e. The molecule has 5 amide bonds. The summed E-state index contributed by atoms with van der Waals surface area (Å²) in [6.07, 6.45) is -0.632. The van der Waals surface area contributed by atoms with Crippen molar-refractivity contribution in [1.29, 1.82) is 0 Å². The van der Waals surface area contributed by atoms with Crippen molar-refractivity contribution in [3.63, 3.8) is 0 Å². The predicted octanol–water partition coefficient (Wildman–Crippen LogP) is -4.19. The number of primary amides is 1. The molecule has 0 saturated heterocycles. The third-order valence-corrected chi connectivity index (χ3v) is 4.76. The Labute approximate surface area is 205 Å². The smallest absolute Gasteiger partial charge is 0.322 e. The number of hydrogen-bond donors (Lipinski definition) is 9. The molecule has 15 heteroatoms. The van der Waals surface area contributed by atoms with Gasteiger partial charge in [0, 0.05) is 12.8 Å². The summed E-state index contributed by atoms with van der Waals surface area (Å²) in [5, 5.41) is 36.7. The van der Waals surface area contributed by atoms with Crippen molar-refractivity contribution < 1.29 is 44.1 Å². The lowest BCUT2D eigenvalue weighted by Gasteiger charge is -2.24. The first kappa shape index (κ1) is 29.8. The summed E-state index contributed by atoms with van der Waals surface area (Å²) in [5.74, 6) is -5.59. The molecule has 1 rings (SSSR count). The van der Waals surface area contributed by atoms with Crippen LogP contribution in [0.15, 0.2) is 24.3 Å². The number of nitrogens with one attached hydrogen (secondary N) is 4. The van der Waals surface area contributed by atoms with E-state index >= 15 is 0 Å². The molecule has 11 N–H and O–H groups in total. The fourth-order valence-electron chi connectivity index (χ4n) is 2.91. The van der Waals surface area contributed by atoms with E-state index in [1.54, 1.807) is 0 Å². The van der Waals surface area contributed by atoms with Gasteiger partial charge in [0.05, 0.1) is 13.2 Å². The Balaban J connectivity index is 2.96. The highest BCUT2D eigenvalue weighted by atomic mass is 16.4. The summed E-state index contributed by atoms with van der Waals surface area (Å²) >= 11 is 0. The maximum atomic E-state index is 12.8. The Bertz CT molecular complexity index is 954. The van der Waals surface area contributed by atoms with Crippen LogP contribution in [-0.4, -0.2) is 88.6 Å². The number of phenolic OH excluding ortho intramolecular Hbond substituents is 1. The molecule has 0 saturated carbocycles. The molecule has 15 nitrogen and oxygen atoms in total. The molecular weight excluding hydrogens is 480 g/mol. The van der Waals surface area contributed by atoms with Gasteiger partial charge in [-0.15, -0.1) is 0 Å². The summed E-state index contributed by atoms with van der Waals surface area (Å²) in [6, 6.07) is 1.61. The highest BCUT2D eigenvalue weighted by molar-refractivity contribution is 5.95. The molecule has 0 unspecified atom stereocenters. The van der Waals surface area contributed by atoms with E-state index in [9.17, 15) is 39.0 Å². The molecule has 198 valence electrons. The molecule has 0 aliphatic carbocycles. The van der Waals surface area contributed by atoms with Gasteiger partial charge in [-0.3, -0.25) is 28.8 Å². The summed E-state index contributed by atoms with van der Waals surface area (Å²) in [6.45, 7) is -2.06. The lowest BCUT2D eigenvalue weighted by Crippen LogP contribution is -2.58. The number of hydrogen-bond acceptors (Lipinski definition) is 9. The second kappa shape index (κ2) is 14.9. The molecule has 0 heterocycles. The average Bonchev–Trinajstić information content (AvgIpc) is 2.83. The number of aliphatic carboxylic acids is 1. The van der Waals surface area contributed by atoms with Gasteiger partial charge in [0.2, 0.25) is 29.5 Å². The number of carboxylic acids is 1. The number of amides is 5. The van der Waals surface area contributed by atoms with Crippen molar-refractivity contribution in [3.8, 4) is 5.75 Å². The van der Waals surface area contributed by atoms with Gasteiger partial charge in [-0.25, -0.2) is 0 Å². The van der Waals surface area contributed by atoms with Crippen LogP contribution in [0.3, 0.4) is 0 Å². The van der Waals surface area contributed by atoms with E-state index in [4.69, 9.17) is 16.6 Å². The normalized spacial score (nSPS) is 12.9. The maximum absolute atomic E-state index is 12.8. The molecule has 0 aliphatic rings. The number of phenols is 1. The number of carboxylic acid groups (broad SMARTS) is 1. The third-order valence-electron chi connectivity index (χ3n) is 4.76.